The van der Waals surface area contributed by atoms with Crippen LogP contribution in [0.2, 0.25) is 5.02 Å². The molecule has 3 aromatic carbocycles. The second kappa shape index (κ2) is 11.2. The van der Waals surface area contributed by atoms with Gasteiger partial charge in [-0.3, -0.25) is 9.59 Å². The molecule has 1 amide bonds. The summed E-state index contributed by atoms with van der Waals surface area (Å²) in [7, 11) is -3.93. The average molecular weight is 572 g/mol. The number of Topliss-reactive ketones (excluding diaryl/α,β-unsaturated/α-hetero) is 1. The van der Waals surface area contributed by atoms with E-state index in [2.05, 4.69) is 15.3 Å². The van der Waals surface area contributed by atoms with Crippen molar-refractivity contribution in [1.82, 2.24) is 14.5 Å². The van der Waals surface area contributed by atoms with E-state index in [-0.39, 0.29) is 17.1 Å². The Morgan fingerprint density at radius 3 is 2.42 bits per heavy atom. The Labute approximate surface area is 235 Å². The SMILES string of the molecule is NS(=O)(=O)c1ccccc1-c1ccc(C(=O)Cc2ccc(-n3ccnc3)cc2C(=O)Nc2ccc(Cl)cn2)cc1. The number of amides is 1. The lowest BCUT2D eigenvalue weighted by Gasteiger charge is -2.13. The molecule has 0 radical (unpaired) electrons. The van der Waals surface area contributed by atoms with Crippen molar-refractivity contribution in [2.75, 3.05) is 5.32 Å². The molecule has 2 heterocycles. The Kier molecular flexibility index (Phi) is 7.56. The number of carbonyl (C=O) groups is 2. The number of rotatable bonds is 8. The van der Waals surface area contributed by atoms with Crippen LogP contribution in [0.25, 0.3) is 16.8 Å². The molecule has 200 valence electrons. The fourth-order valence-corrected chi connectivity index (χ4v) is 5.07. The third-order valence-electron chi connectivity index (χ3n) is 6.17. The largest absolute Gasteiger partial charge is 0.307 e. The van der Waals surface area contributed by atoms with Crippen molar-refractivity contribution in [3.05, 3.63) is 125 Å². The third kappa shape index (κ3) is 5.99. The first-order valence-corrected chi connectivity index (χ1v) is 13.9. The number of ketones is 1. The van der Waals surface area contributed by atoms with Crippen molar-refractivity contribution >= 4 is 39.1 Å². The minimum Gasteiger partial charge on any atom is -0.307 e. The van der Waals surface area contributed by atoms with Crippen molar-refractivity contribution in [2.45, 2.75) is 11.3 Å². The summed E-state index contributed by atoms with van der Waals surface area (Å²) >= 11 is 5.90. The summed E-state index contributed by atoms with van der Waals surface area (Å²) in [6.07, 6.45) is 6.36. The first-order valence-electron chi connectivity index (χ1n) is 12.0. The Balaban J connectivity index is 1.43. The number of benzene rings is 3. The first-order chi connectivity index (χ1) is 19.2. The molecule has 3 N–H and O–H groups in total. The molecule has 2 aromatic heterocycles. The number of hydrogen-bond acceptors (Lipinski definition) is 6. The standard InChI is InChI=1S/C29H22ClN5O4S/c30-22-10-12-28(33-17-22)34-29(37)25-16-23(35-14-13-32-18-35)11-9-21(25)15-26(36)20-7-5-19(6-8-20)24-3-1-2-4-27(24)40(31,38)39/h1-14,16-18H,15H2,(H2,31,38,39)(H,33,34,37). The van der Waals surface area contributed by atoms with Crippen molar-refractivity contribution in [1.29, 1.82) is 0 Å². The molecule has 0 saturated heterocycles. The van der Waals surface area contributed by atoms with E-state index in [4.69, 9.17) is 16.7 Å². The van der Waals surface area contributed by atoms with Crippen molar-refractivity contribution in [3.63, 3.8) is 0 Å². The first kappa shape index (κ1) is 26.9. The number of primary sulfonamides is 1. The van der Waals surface area contributed by atoms with Gasteiger partial charge in [-0.25, -0.2) is 23.5 Å². The van der Waals surface area contributed by atoms with Crippen LogP contribution in [0.1, 0.15) is 26.3 Å². The lowest BCUT2D eigenvalue weighted by Crippen LogP contribution is -2.17. The molecule has 0 aliphatic carbocycles. The van der Waals surface area contributed by atoms with Gasteiger partial charge in [-0.15, -0.1) is 0 Å². The maximum atomic E-state index is 13.3. The van der Waals surface area contributed by atoms with E-state index in [1.165, 1.54) is 12.3 Å². The number of imidazole rings is 1. The summed E-state index contributed by atoms with van der Waals surface area (Å²) in [5.74, 6) is -0.343. The van der Waals surface area contributed by atoms with Gasteiger partial charge in [0.05, 0.1) is 16.2 Å². The summed E-state index contributed by atoms with van der Waals surface area (Å²) < 4.78 is 25.7. The van der Waals surface area contributed by atoms with Gasteiger partial charge in [-0.05, 0) is 41.5 Å². The number of halogens is 1. The number of sulfonamides is 1. The van der Waals surface area contributed by atoms with Crippen LogP contribution in [0, 0.1) is 0 Å². The minimum absolute atomic E-state index is 0.00195. The molecule has 0 bridgehead atoms. The summed E-state index contributed by atoms with van der Waals surface area (Å²) in [5, 5.41) is 8.55. The van der Waals surface area contributed by atoms with E-state index in [0.29, 0.717) is 44.3 Å². The molecule has 0 fully saturated rings. The van der Waals surface area contributed by atoms with E-state index >= 15 is 0 Å². The molecule has 0 aliphatic heterocycles. The van der Waals surface area contributed by atoms with Crippen LogP contribution in [0.3, 0.4) is 0 Å². The molecular formula is C29H22ClN5O4S. The van der Waals surface area contributed by atoms with Gasteiger partial charge in [-0.1, -0.05) is 60.1 Å². The van der Waals surface area contributed by atoms with Gasteiger partial charge in [0.15, 0.2) is 5.78 Å². The van der Waals surface area contributed by atoms with Crippen molar-refractivity contribution < 1.29 is 18.0 Å². The maximum absolute atomic E-state index is 13.3. The molecule has 0 aliphatic rings. The van der Waals surface area contributed by atoms with Crippen LogP contribution < -0.4 is 10.5 Å². The summed E-state index contributed by atoms with van der Waals surface area (Å²) in [6, 6.07) is 21.4. The number of hydrogen-bond donors (Lipinski definition) is 2. The number of aromatic nitrogens is 3. The highest BCUT2D eigenvalue weighted by molar-refractivity contribution is 7.89. The molecule has 0 atom stereocenters. The van der Waals surface area contributed by atoms with Crippen LogP contribution in [0.15, 0.2) is 109 Å². The molecule has 0 saturated carbocycles. The molecule has 40 heavy (non-hydrogen) atoms. The van der Waals surface area contributed by atoms with Crippen LogP contribution in [0.4, 0.5) is 5.82 Å². The van der Waals surface area contributed by atoms with Crippen LogP contribution in [0.5, 0.6) is 0 Å². The highest BCUT2D eigenvalue weighted by Gasteiger charge is 2.19. The lowest BCUT2D eigenvalue weighted by molar-refractivity contribution is 0.0992. The fourth-order valence-electron chi connectivity index (χ4n) is 4.20. The van der Waals surface area contributed by atoms with E-state index in [1.807, 2.05) is 0 Å². The molecule has 9 nitrogen and oxygen atoms in total. The van der Waals surface area contributed by atoms with Crippen LogP contribution in [-0.4, -0.2) is 34.6 Å². The van der Waals surface area contributed by atoms with Gasteiger partial charge in [0.1, 0.15) is 5.82 Å². The normalized spacial score (nSPS) is 11.2. The minimum atomic E-state index is -3.93. The predicted octanol–water partition coefficient (Wildman–Crippen LogP) is 4.91. The van der Waals surface area contributed by atoms with Gasteiger partial charge >= 0.3 is 0 Å². The van der Waals surface area contributed by atoms with Crippen molar-refractivity contribution in [2.24, 2.45) is 5.14 Å². The van der Waals surface area contributed by atoms with Gasteiger partial charge in [0.25, 0.3) is 5.91 Å². The Morgan fingerprint density at radius 2 is 1.75 bits per heavy atom. The van der Waals surface area contributed by atoms with Crippen LogP contribution in [-0.2, 0) is 16.4 Å². The second-order valence-electron chi connectivity index (χ2n) is 8.85. The zero-order valence-corrected chi connectivity index (χ0v) is 22.4. The summed E-state index contributed by atoms with van der Waals surface area (Å²) in [5.41, 5.74) is 2.95. The summed E-state index contributed by atoms with van der Waals surface area (Å²) in [4.78, 5) is 34.7. The van der Waals surface area contributed by atoms with Crippen LogP contribution >= 0.6 is 11.6 Å². The Bertz CT molecular complexity index is 1800. The molecule has 0 unspecified atom stereocenters. The van der Waals surface area contributed by atoms with E-state index in [1.54, 1.807) is 96.1 Å². The highest BCUT2D eigenvalue weighted by atomic mass is 35.5. The monoisotopic (exact) mass is 571 g/mol. The van der Waals surface area contributed by atoms with E-state index < -0.39 is 15.9 Å². The number of carbonyl (C=O) groups excluding carboxylic acids is 2. The molecular weight excluding hydrogens is 550 g/mol. The smallest absolute Gasteiger partial charge is 0.257 e. The van der Waals surface area contributed by atoms with E-state index in [9.17, 15) is 18.0 Å². The number of anilines is 1. The second-order valence-corrected chi connectivity index (χ2v) is 10.8. The number of nitrogens with one attached hydrogen (secondary N) is 1. The maximum Gasteiger partial charge on any atom is 0.257 e. The Hall–Kier alpha value is -4.64. The van der Waals surface area contributed by atoms with Gasteiger partial charge in [0.2, 0.25) is 10.0 Å². The number of nitrogens with zero attached hydrogens (tertiary/aromatic N) is 3. The van der Waals surface area contributed by atoms with Gasteiger partial charge in [-0.2, -0.15) is 0 Å². The van der Waals surface area contributed by atoms with E-state index in [0.717, 1.165) is 0 Å². The molecule has 0 spiro atoms. The highest BCUT2D eigenvalue weighted by Crippen LogP contribution is 2.27. The summed E-state index contributed by atoms with van der Waals surface area (Å²) in [6.45, 7) is 0. The topological polar surface area (TPSA) is 137 Å². The fraction of sp³-hybridized carbons (Fsp3) is 0.0345. The number of pyridine rings is 1. The molecule has 11 heteroatoms. The third-order valence-corrected chi connectivity index (χ3v) is 7.36. The van der Waals surface area contributed by atoms with Gasteiger partial charge in [0, 0.05) is 47.4 Å². The molecule has 5 aromatic rings. The zero-order valence-electron chi connectivity index (χ0n) is 20.9. The van der Waals surface area contributed by atoms with Gasteiger partial charge < -0.3 is 9.88 Å². The average Bonchev–Trinajstić information content (AvgIpc) is 3.49. The lowest BCUT2D eigenvalue weighted by atomic mass is 9.96. The quantitative estimate of drug-likeness (QED) is 0.254. The van der Waals surface area contributed by atoms with Crippen molar-refractivity contribution in [3.8, 4) is 16.8 Å². The molecule has 5 rings (SSSR count). The number of nitrogens with two attached hydrogens (primary N) is 1. The zero-order chi connectivity index (χ0) is 28.3. The predicted molar refractivity (Wildman–Crippen MR) is 152 cm³/mol. The Morgan fingerprint density at radius 1 is 0.975 bits per heavy atom.